The van der Waals surface area contributed by atoms with E-state index in [1.807, 2.05) is 42.5 Å². The molecular formula is C28H30N2O4. The van der Waals surface area contributed by atoms with E-state index in [2.05, 4.69) is 17.4 Å². The second kappa shape index (κ2) is 9.47. The van der Waals surface area contributed by atoms with Crippen LogP contribution in [0, 0.1) is 0 Å². The molecule has 1 unspecified atom stereocenters. The minimum Gasteiger partial charge on any atom is -0.506 e. The summed E-state index contributed by atoms with van der Waals surface area (Å²) < 4.78 is 5.60. The number of ether oxygens (including phenoxy) is 1. The monoisotopic (exact) mass is 458 g/mol. The molecule has 0 aliphatic carbocycles. The third-order valence-electron chi connectivity index (χ3n) is 7.38. The van der Waals surface area contributed by atoms with Crippen molar-refractivity contribution in [3.63, 3.8) is 0 Å². The minimum atomic E-state index is -0.536. The topological polar surface area (TPSA) is 78.9 Å². The molecule has 0 spiro atoms. The molecule has 2 fully saturated rings. The van der Waals surface area contributed by atoms with Gasteiger partial charge in [-0.15, -0.1) is 0 Å². The van der Waals surface area contributed by atoms with Gasteiger partial charge in [0.05, 0.1) is 5.56 Å². The number of fused-ring (bicyclic) bond motifs is 1. The van der Waals surface area contributed by atoms with Gasteiger partial charge in [-0.05, 0) is 42.7 Å². The highest BCUT2D eigenvalue weighted by Crippen LogP contribution is 2.35. The molecule has 2 aliphatic rings. The van der Waals surface area contributed by atoms with Gasteiger partial charge in [-0.2, -0.15) is 0 Å². The van der Waals surface area contributed by atoms with Gasteiger partial charge in [-0.1, -0.05) is 60.7 Å². The van der Waals surface area contributed by atoms with Crippen LogP contribution >= 0.6 is 0 Å². The molecular weight excluding hydrogens is 428 g/mol. The van der Waals surface area contributed by atoms with Crippen molar-refractivity contribution >= 4 is 22.6 Å². The van der Waals surface area contributed by atoms with E-state index < -0.39 is 6.04 Å². The van der Waals surface area contributed by atoms with Crippen LogP contribution in [-0.4, -0.2) is 54.2 Å². The maximum atomic E-state index is 13.4. The zero-order valence-corrected chi connectivity index (χ0v) is 19.2. The molecule has 0 saturated carbocycles. The highest BCUT2D eigenvalue weighted by atomic mass is 16.5. The number of carbonyl (C=O) groups excluding carboxylic acids is 2. The lowest BCUT2D eigenvalue weighted by Gasteiger charge is -2.38. The van der Waals surface area contributed by atoms with Crippen molar-refractivity contribution in [1.82, 2.24) is 10.2 Å². The second-order valence-corrected chi connectivity index (χ2v) is 9.32. The Morgan fingerprint density at radius 2 is 1.74 bits per heavy atom. The molecule has 3 aromatic rings. The van der Waals surface area contributed by atoms with Crippen molar-refractivity contribution < 1.29 is 19.4 Å². The van der Waals surface area contributed by atoms with Crippen LogP contribution in [0.4, 0.5) is 0 Å². The summed E-state index contributed by atoms with van der Waals surface area (Å²) in [5.41, 5.74) is 1.28. The molecule has 5 rings (SSSR count). The Morgan fingerprint density at radius 1 is 1.00 bits per heavy atom. The van der Waals surface area contributed by atoms with Gasteiger partial charge in [0.15, 0.2) is 0 Å². The molecule has 2 aliphatic heterocycles. The molecule has 0 bridgehead atoms. The van der Waals surface area contributed by atoms with Gasteiger partial charge >= 0.3 is 0 Å². The number of aromatic hydroxyl groups is 1. The maximum Gasteiger partial charge on any atom is 0.258 e. The van der Waals surface area contributed by atoms with Gasteiger partial charge in [-0.3, -0.25) is 9.59 Å². The number of benzene rings is 3. The predicted molar refractivity (Wildman–Crippen MR) is 131 cm³/mol. The molecule has 34 heavy (non-hydrogen) atoms. The molecule has 0 radical (unpaired) electrons. The second-order valence-electron chi connectivity index (χ2n) is 9.32. The van der Waals surface area contributed by atoms with Crippen molar-refractivity contribution in [3.05, 3.63) is 77.9 Å². The first-order chi connectivity index (χ1) is 16.6. The van der Waals surface area contributed by atoms with E-state index in [1.165, 1.54) is 5.56 Å². The Hall–Kier alpha value is -3.38. The summed E-state index contributed by atoms with van der Waals surface area (Å²) in [7, 11) is 0. The molecule has 2 N–H and O–H groups in total. The first-order valence-corrected chi connectivity index (χ1v) is 12.0. The number of nitrogens with zero attached hydrogens (tertiary/aromatic N) is 1. The molecule has 3 aromatic carbocycles. The van der Waals surface area contributed by atoms with Crippen molar-refractivity contribution in [2.24, 2.45) is 0 Å². The smallest absolute Gasteiger partial charge is 0.258 e. The standard InChI is InChI=1S/C28H30N2O4/c31-25-22-10-5-4-7-20(22)12-13-23(25)27(33)30-16-6-11-24(30)26(32)29-19-28(14-17-34-18-15-28)21-8-2-1-3-9-21/h1-5,7-10,12-13,24,31H,6,11,14-19H2,(H,29,32). The van der Waals surface area contributed by atoms with E-state index in [0.29, 0.717) is 38.1 Å². The van der Waals surface area contributed by atoms with Crippen LogP contribution in [0.15, 0.2) is 66.7 Å². The predicted octanol–water partition coefficient (Wildman–Crippen LogP) is 4.01. The number of phenols is 1. The number of amides is 2. The van der Waals surface area contributed by atoms with Gasteiger partial charge in [0.25, 0.3) is 5.91 Å². The highest BCUT2D eigenvalue weighted by Gasteiger charge is 2.39. The van der Waals surface area contributed by atoms with Crippen molar-refractivity contribution in [3.8, 4) is 5.75 Å². The zero-order chi connectivity index (χ0) is 23.5. The Bertz CT molecular complexity index is 1190. The van der Waals surface area contributed by atoms with Crippen LogP contribution in [0.2, 0.25) is 0 Å². The van der Waals surface area contributed by atoms with Gasteiger partial charge in [0, 0.05) is 37.1 Å². The average Bonchev–Trinajstić information content (AvgIpc) is 3.39. The lowest BCUT2D eigenvalue weighted by molar-refractivity contribution is -0.125. The Morgan fingerprint density at radius 3 is 2.53 bits per heavy atom. The Balaban J connectivity index is 1.33. The minimum absolute atomic E-state index is 0.0283. The van der Waals surface area contributed by atoms with E-state index >= 15 is 0 Å². The molecule has 0 aromatic heterocycles. The lowest BCUT2D eigenvalue weighted by Crippen LogP contribution is -2.50. The van der Waals surface area contributed by atoms with Crippen molar-refractivity contribution in [2.45, 2.75) is 37.1 Å². The van der Waals surface area contributed by atoms with Crippen LogP contribution in [0.1, 0.15) is 41.6 Å². The van der Waals surface area contributed by atoms with E-state index in [9.17, 15) is 14.7 Å². The van der Waals surface area contributed by atoms with Crippen LogP contribution in [0.5, 0.6) is 5.75 Å². The number of hydrogen-bond donors (Lipinski definition) is 2. The Labute approximate surface area is 199 Å². The summed E-state index contributed by atoms with van der Waals surface area (Å²) in [6.45, 7) is 2.35. The summed E-state index contributed by atoms with van der Waals surface area (Å²) >= 11 is 0. The Kier molecular flexibility index (Phi) is 6.24. The SMILES string of the molecule is O=C(NCC1(c2ccccc2)CCOCC1)C1CCCN1C(=O)c1ccc2ccccc2c1O. The van der Waals surface area contributed by atoms with E-state index in [1.54, 1.807) is 17.0 Å². The fourth-order valence-corrected chi connectivity index (χ4v) is 5.36. The fraction of sp³-hybridized carbons (Fsp3) is 0.357. The van der Waals surface area contributed by atoms with Crippen LogP contribution in [0.25, 0.3) is 10.8 Å². The normalized spacial score (nSPS) is 19.8. The number of hydrogen-bond acceptors (Lipinski definition) is 4. The number of carbonyl (C=O) groups is 2. The first-order valence-electron chi connectivity index (χ1n) is 12.0. The van der Waals surface area contributed by atoms with E-state index in [-0.39, 0.29) is 28.5 Å². The van der Waals surface area contributed by atoms with Gasteiger partial charge in [0.1, 0.15) is 11.8 Å². The maximum absolute atomic E-state index is 13.4. The zero-order valence-electron chi connectivity index (χ0n) is 19.2. The largest absolute Gasteiger partial charge is 0.506 e. The molecule has 176 valence electrons. The number of nitrogens with one attached hydrogen (secondary N) is 1. The summed E-state index contributed by atoms with van der Waals surface area (Å²) in [4.78, 5) is 28.3. The van der Waals surface area contributed by atoms with Crippen LogP contribution < -0.4 is 5.32 Å². The molecule has 2 saturated heterocycles. The van der Waals surface area contributed by atoms with Crippen LogP contribution in [-0.2, 0) is 14.9 Å². The summed E-state index contributed by atoms with van der Waals surface area (Å²) in [6, 6.07) is 20.7. The third-order valence-corrected chi connectivity index (χ3v) is 7.38. The number of likely N-dealkylation sites (tertiary alicyclic amines) is 1. The van der Waals surface area contributed by atoms with E-state index in [0.717, 1.165) is 24.6 Å². The lowest BCUT2D eigenvalue weighted by atomic mass is 9.74. The van der Waals surface area contributed by atoms with Gasteiger partial charge in [-0.25, -0.2) is 0 Å². The molecule has 2 heterocycles. The van der Waals surface area contributed by atoms with Gasteiger partial charge < -0.3 is 20.1 Å². The fourth-order valence-electron chi connectivity index (χ4n) is 5.36. The average molecular weight is 459 g/mol. The molecule has 6 heteroatoms. The quantitative estimate of drug-likeness (QED) is 0.606. The summed E-state index contributed by atoms with van der Waals surface area (Å²) in [5.74, 6) is -0.461. The third kappa shape index (κ3) is 4.14. The number of phenolic OH excluding ortho intramolecular Hbond substituents is 1. The van der Waals surface area contributed by atoms with Gasteiger partial charge in [0.2, 0.25) is 5.91 Å². The highest BCUT2D eigenvalue weighted by molar-refractivity contribution is 6.05. The number of rotatable bonds is 5. The molecule has 2 amide bonds. The molecule has 6 nitrogen and oxygen atoms in total. The summed E-state index contributed by atoms with van der Waals surface area (Å²) in [5, 5.41) is 15.4. The van der Waals surface area contributed by atoms with Crippen molar-refractivity contribution in [2.75, 3.05) is 26.3 Å². The first kappa shape index (κ1) is 22.4. The summed E-state index contributed by atoms with van der Waals surface area (Å²) in [6.07, 6.45) is 3.06. The van der Waals surface area contributed by atoms with E-state index in [4.69, 9.17) is 4.74 Å². The molecule has 1 atom stereocenters. The van der Waals surface area contributed by atoms with Crippen LogP contribution in [0.3, 0.4) is 0 Å². The van der Waals surface area contributed by atoms with Crippen molar-refractivity contribution in [1.29, 1.82) is 0 Å².